The molecule has 0 atom stereocenters. The molecule has 0 aromatic heterocycles. The average Bonchev–Trinajstić information content (AvgIpc) is 2.40. The molecule has 8 nitrogen and oxygen atoms in total. The van der Waals surface area contributed by atoms with Gasteiger partial charge in [0.1, 0.15) is 0 Å². The number of hydrogen-bond acceptors (Lipinski definition) is 7. The Morgan fingerprint density at radius 1 is 1.19 bits per heavy atom. The Morgan fingerprint density at radius 2 is 1.81 bits per heavy atom. The lowest BCUT2D eigenvalue weighted by atomic mass is 10.3. The van der Waals surface area contributed by atoms with Crippen molar-refractivity contribution in [2.24, 2.45) is 0 Å². The lowest BCUT2D eigenvalue weighted by Crippen LogP contribution is -2.40. The molecule has 2 N–H and O–H groups in total. The van der Waals surface area contributed by atoms with Crippen LogP contribution in [0.4, 0.5) is 9.57 Å². The second kappa shape index (κ2) is 5.75. The summed E-state index contributed by atoms with van der Waals surface area (Å²) in [4.78, 5) is -0.134. The molecule has 11 heteroatoms. The normalized spacial score (nSPS) is 17.6. The van der Waals surface area contributed by atoms with E-state index >= 15 is 0 Å². The van der Waals surface area contributed by atoms with Crippen LogP contribution in [0.3, 0.4) is 0 Å². The lowest BCUT2D eigenvalue weighted by Gasteiger charge is -2.26. The van der Waals surface area contributed by atoms with Crippen LogP contribution >= 0.6 is 0 Å². The molecule has 1 aromatic rings. The van der Waals surface area contributed by atoms with Crippen molar-refractivity contribution in [1.29, 1.82) is 0 Å². The summed E-state index contributed by atoms with van der Waals surface area (Å²) in [5.74, 6) is -0.474. The molecule has 21 heavy (non-hydrogen) atoms. The van der Waals surface area contributed by atoms with E-state index in [1.54, 1.807) is 0 Å². The lowest BCUT2D eigenvalue weighted by molar-refractivity contribution is 0.0730. The number of nitrogen functional groups attached to an aromatic ring is 1. The van der Waals surface area contributed by atoms with Gasteiger partial charge in [0, 0.05) is 13.1 Å². The Labute approximate surface area is 121 Å². The molecule has 0 amide bonds. The van der Waals surface area contributed by atoms with E-state index in [0.29, 0.717) is 0 Å². The van der Waals surface area contributed by atoms with Crippen LogP contribution < -0.4 is 9.92 Å². The zero-order valence-electron chi connectivity index (χ0n) is 10.7. The quantitative estimate of drug-likeness (QED) is 0.600. The van der Waals surface area contributed by atoms with E-state index in [2.05, 4.69) is 4.18 Å². The molecule has 0 bridgehead atoms. The summed E-state index contributed by atoms with van der Waals surface area (Å²) >= 11 is 0. The molecule has 2 rings (SSSR count). The number of benzene rings is 1. The van der Waals surface area contributed by atoms with Crippen molar-refractivity contribution in [1.82, 2.24) is 4.31 Å². The van der Waals surface area contributed by atoms with E-state index in [1.165, 1.54) is 4.31 Å². The number of morpholine rings is 1. The molecule has 0 aliphatic carbocycles. The monoisotopic (exact) mass is 340 g/mol. The number of nitrogens with zero attached hydrogens (tertiary/aromatic N) is 1. The standard InChI is InChI=1S/C10H13FN2O6S2/c11-21(16,17)19-10-2-1-8(7-9(10)12)20(14,15)13-3-5-18-6-4-13/h1-2,7H,3-6,12H2. The molecule has 1 heterocycles. The SMILES string of the molecule is Nc1cc(S(=O)(=O)N2CCOCC2)ccc1OS(=O)(=O)F. The minimum atomic E-state index is -5.22. The highest BCUT2D eigenvalue weighted by Crippen LogP contribution is 2.28. The maximum atomic E-state index is 12.4. The summed E-state index contributed by atoms with van der Waals surface area (Å²) in [6, 6.07) is 3.10. The maximum absolute atomic E-state index is 12.4. The molecule has 118 valence electrons. The van der Waals surface area contributed by atoms with Gasteiger partial charge in [0.25, 0.3) is 0 Å². The van der Waals surface area contributed by atoms with Crippen molar-refractivity contribution >= 4 is 26.2 Å². The molecule has 0 saturated carbocycles. The number of ether oxygens (including phenoxy) is 1. The summed E-state index contributed by atoms with van der Waals surface area (Å²) in [6.45, 7) is 0.991. The van der Waals surface area contributed by atoms with Gasteiger partial charge in [-0.1, -0.05) is 3.89 Å². The Bertz CT molecular complexity index is 728. The fraction of sp³-hybridized carbons (Fsp3) is 0.400. The first-order valence-corrected chi connectivity index (χ1v) is 8.56. The van der Waals surface area contributed by atoms with Crippen molar-refractivity contribution in [2.45, 2.75) is 4.90 Å². The maximum Gasteiger partial charge on any atom is 0.488 e. The first-order chi connectivity index (χ1) is 9.70. The second-order valence-electron chi connectivity index (χ2n) is 4.19. The Kier molecular flexibility index (Phi) is 4.37. The van der Waals surface area contributed by atoms with Crippen LogP contribution in [0.15, 0.2) is 23.1 Å². The van der Waals surface area contributed by atoms with E-state index < -0.39 is 26.3 Å². The summed E-state index contributed by atoms with van der Waals surface area (Å²) in [7, 11) is -9.00. The molecule has 1 fully saturated rings. The van der Waals surface area contributed by atoms with Crippen LogP contribution in [-0.4, -0.2) is 47.4 Å². The predicted molar refractivity (Wildman–Crippen MR) is 71.1 cm³/mol. The topological polar surface area (TPSA) is 116 Å². The van der Waals surface area contributed by atoms with Crippen LogP contribution in [-0.2, 0) is 25.3 Å². The van der Waals surface area contributed by atoms with Gasteiger partial charge in [0.2, 0.25) is 10.0 Å². The van der Waals surface area contributed by atoms with Gasteiger partial charge in [-0.2, -0.15) is 12.7 Å². The van der Waals surface area contributed by atoms with Crippen molar-refractivity contribution in [3.05, 3.63) is 18.2 Å². The number of nitrogens with two attached hydrogens (primary N) is 1. The minimum absolute atomic E-state index is 0.134. The van der Waals surface area contributed by atoms with Crippen LogP contribution in [0.1, 0.15) is 0 Å². The number of halogens is 1. The van der Waals surface area contributed by atoms with E-state index in [9.17, 15) is 20.7 Å². The highest BCUT2D eigenvalue weighted by atomic mass is 32.3. The Hall–Kier alpha value is -1.43. The number of anilines is 1. The molecule has 1 aliphatic heterocycles. The van der Waals surface area contributed by atoms with E-state index in [0.717, 1.165) is 18.2 Å². The van der Waals surface area contributed by atoms with Crippen molar-refractivity contribution in [3.63, 3.8) is 0 Å². The summed E-state index contributed by atoms with van der Waals surface area (Å²) in [6.07, 6.45) is 0. The first kappa shape index (κ1) is 15.9. The fourth-order valence-electron chi connectivity index (χ4n) is 1.81. The average molecular weight is 340 g/mol. The molecule has 0 spiro atoms. The number of hydrogen-bond donors (Lipinski definition) is 1. The van der Waals surface area contributed by atoms with Gasteiger partial charge in [-0.25, -0.2) is 8.42 Å². The zero-order valence-corrected chi connectivity index (χ0v) is 12.4. The van der Waals surface area contributed by atoms with Gasteiger partial charge >= 0.3 is 10.5 Å². The van der Waals surface area contributed by atoms with Gasteiger partial charge < -0.3 is 14.7 Å². The highest BCUT2D eigenvalue weighted by molar-refractivity contribution is 7.89. The Morgan fingerprint density at radius 3 is 2.33 bits per heavy atom. The smallest absolute Gasteiger partial charge is 0.396 e. The molecular weight excluding hydrogens is 327 g/mol. The fourth-order valence-corrected chi connectivity index (χ4v) is 3.62. The van der Waals surface area contributed by atoms with Crippen molar-refractivity contribution in [3.8, 4) is 5.75 Å². The number of sulfonamides is 1. The van der Waals surface area contributed by atoms with Gasteiger partial charge in [-0.05, 0) is 18.2 Å². The van der Waals surface area contributed by atoms with Crippen LogP contribution in [0.2, 0.25) is 0 Å². The van der Waals surface area contributed by atoms with Crippen molar-refractivity contribution in [2.75, 3.05) is 32.0 Å². The van der Waals surface area contributed by atoms with E-state index in [4.69, 9.17) is 10.5 Å². The molecular formula is C10H13FN2O6S2. The largest absolute Gasteiger partial charge is 0.488 e. The van der Waals surface area contributed by atoms with Gasteiger partial charge in [-0.15, -0.1) is 0 Å². The molecule has 0 radical (unpaired) electrons. The van der Waals surface area contributed by atoms with E-state index in [1.807, 2.05) is 0 Å². The predicted octanol–water partition coefficient (Wildman–Crippen LogP) is -0.117. The minimum Gasteiger partial charge on any atom is -0.396 e. The second-order valence-corrected chi connectivity index (χ2v) is 7.08. The highest BCUT2D eigenvalue weighted by Gasteiger charge is 2.27. The Balaban J connectivity index is 2.31. The van der Waals surface area contributed by atoms with Crippen LogP contribution in [0.25, 0.3) is 0 Å². The zero-order chi connectivity index (χ0) is 15.7. The summed E-state index contributed by atoms with van der Waals surface area (Å²) in [5, 5.41) is 0. The summed E-state index contributed by atoms with van der Waals surface area (Å²) in [5.41, 5.74) is 5.19. The van der Waals surface area contributed by atoms with Gasteiger partial charge in [0.15, 0.2) is 5.75 Å². The molecule has 1 aliphatic rings. The van der Waals surface area contributed by atoms with E-state index in [-0.39, 0.29) is 36.9 Å². The molecule has 1 aromatic carbocycles. The first-order valence-electron chi connectivity index (χ1n) is 5.81. The van der Waals surface area contributed by atoms with Crippen LogP contribution in [0.5, 0.6) is 5.75 Å². The third-order valence-electron chi connectivity index (χ3n) is 2.78. The van der Waals surface area contributed by atoms with Gasteiger partial charge in [-0.3, -0.25) is 0 Å². The van der Waals surface area contributed by atoms with Gasteiger partial charge in [0.05, 0.1) is 23.8 Å². The summed E-state index contributed by atoms with van der Waals surface area (Å²) < 4.78 is 68.2. The third-order valence-corrected chi connectivity index (χ3v) is 5.05. The molecule has 0 unspecified atom stereocenters. The number of rotatable bonds is 4. The van der Waals surface area contributed by atoms with Crippen molar-refractivity contribution < 1.29 is 29.6 Å². The van der Waals surface area contributed by atoms with Crippen LogP contribution in [0, 0.1) is 0 Å². The third kappa shape index (κ3) is 3.81. The molecule has 1 saturated heterocycles.